The highest BCUT2D eigenvalue weighted by molar-refractivity contribution is 5.90. The van der Waals surface area contributed by atoms with Crippen LogP contribution >= 0.6 is 0 Å². The van der Waals surface area contributed by atoms with Crippen LogP contribution in [0.3, 0.4) is 0 Å². The van der Waals surface area contributed by atoms with Crippen LogP contribution < -0.4 is 11.5 Å². The number of hydrogen-bond acceptors (Lipinski definition) is 5. The molecule has 0 atom stereocenters. The van der Waals surface area contributed by atoms with E-state index in [9.17, 15) is 19.2 Å². The average Bonchev–Trinajstić information content (AvgIpc) is 2.56. The van der Waals surface area contributed by atoms with Crippen LogP contribution in [0.25, 0.3) is 0 Å². The van der Waals surface area contributed by atoms with E-state index in [2.05, 4.69) is 0 Å². The first-order valence-corrected chi connectivity index (χ1v) is 8.42. The van der Waals surface area contributed by atoms with Gasteiger partial charge in [0.2, 0.25) is 11.8 Å². The number of hydrogen-bond donors (Lipinski definition) is 3. The minimum Gasteiger partial charge on any atom is -0.481 e. The summed E-state index contributed by atoms with van der Waals surface area (Å²) >= 11 is 0. The highest BCUT2D eigenvalue weighted by Crippen LogP contribution is 2.01. The molecule has 0 aromatic carbocycles. The van der Waals surface area contributed by atoms with Crippen molar-refractivity contribution in [2.24, 2.45) is 11.5 Å². The first-order chi connectivity index (χ1) is 11.8. The number of carboxylic acid groups (broad SMARTS) is 1. The van der Waals surface area contributed by atoms with E-state index >= 15 is 0 Å². The Bertz CT molecular complexity index is 425. The molecule has 0 aromatic heterocycles. The maximum absolute atomic E-state index is 11.3. The summed E-state index contributed by atoms with van der Waals surface area (Å²) in [6.45, 7) is 1.28. The van der Waals surface area contributed by atoms with Crippen molar-refractivity contribution < 1.29 is 24.3 Å². The first kappa shape index (κ1) is 25.0. The minimum atomic E-state index is -0.716. The molecule has 0 fully saturated rings. The van der Waals surface area contributed by atoms with Gasteiger partial charge in [-0.05, 0) is 38.3 Å². The van der Waals surface area contributed by atoms with Crippen LogP contribution in [0.15, 0.2) is 12.2 Å². The number of carbonyl (C=O) groups is 4. The van der Waals surface area contributed by atoms with Crippen molar-refractivity contribution in [2.75, 3.05) is 20.1 Å². The normalized spacial score (nSPS) is 10.0. The van der Waals surface area contributed by atoms with Gasteiger partial charge in [0.1, 0.15) is 6.29 Å². The SMILES string of the molecule is CN(CCCCCC(N)=O)C(=O)/C=C\C=O.NCCCCCC(=O)O. The zero-order chi connectivity index (χ0) is 19.5. The lowest BCUT2D eigenvalue weighted by Crippen LogP contribution is -2.25. The molecule has 0 saturated carbocycles. The quantitative estimate of drug-likeness (QED) is 0.253. The van der Waals surface area contributed by atoms with Crippen molar-refractivity contribution >= 4 is 24.1 Å². The predicted molar refractivity (Wildman–Crippen MR) is 95.7 cm³/mol. The summed E-state index contributed by atoms with van der Waals surface area (Å²) in [6.07, 6.45) is 8.70. The Morgan fingerprint density at radius 2 is 1.60 bits per heavy atom. The number of aliphatic carboxylic acids is 1. The van der Waals surface area contributed by atoms with Crippen molar-refractivity contribution in [3.63, 3.8) is 0 Å². The molecule has 0 unspecified atom stereocenters. The Morgan fingerprint density at radius 1 is 1.00 bits per heavy atom. The van der Waals surface area contributed by atoms with E-state index in [0.29, 0.717) is 25.8 Å². The molecular weight excluding hydrogens is 326 g/mol. The third-order valence-electron chi connectivity index (χ3n) is 3.21. The Balaban J connectivity index is 0. The lowest BCUT2D eigenvalue weighted by Gasteiger charge is -2.14. The highest BCUT2D eigenvalue weighted by Gasteiger charge is 2.03. The number of unbranched alkanes of at least 4 members (excludes halogenated alkanes) is 4. The average molecular weight is 357 g/mol. The second-order valence-corrected chi connectivity index (χ2v) is 5.53. The number of nitrogens with two attached hydrogens (primary N) is 2. The Kier molecular flexibility index (Phi) is 18.1. The van der Waals surface area contributed by atoms with Crippen LogP contribution in [0.5, 0.6) is 0 Å². The van der Waals surface area contributed by atoms with Gasteiger partial charge in [-0.2, -0.15) is 0 Å². The summed E-state index contributed by atoms with van der Waals surface area (Å²) in [7, 11) is 1.67. The lowest BCUT2D eigenvalue weighted by molar-refractivity contribution is -0.137. The molecule has 0 bridgehead atoms. The smallest absolute Gasteiger partial charge is 0.303 e. The summed E-state index contributed by atoms with van der Waals surface area (Å²) in [4.78, 5) is 43.2. The number of nitrogens with zero attached hydrogens (tertiary/aromatic N) is 1. The molecule has 2 amide bonds. The molecule has 5 N–H and O–H groups in total. The van der Waals surface area contributed by atoms with Crippen LogP contribution in [0.2, 0.25) is 0 Å². The zero-order valence-corrected chi connectivity index (χ0v) is 15.0. The van der Waals surface area contributed by atoms with E-state index in [-0.39, 0.29) is 18.2 Å². The summed E-state index contributed by atoms with van der Waals surface area (Å²) in [5.41, 5.74) is 10.2. The van der Waals surface area contributed by atoms with Gasteiger partial charge >= 0.3 is 5.97 Å². The number of likely N-dealkylation sites (N-methyl/N-ethyl adjacent to an activating group) is 1. The van der Waals surface area contributed by atoms with Crippen molar-refractivity contribution in [3.8, 4) is 0 Å². The molecule has 0 aliphatic heterocycles. The fourth-order valence-corrected chi connectivity index (χ4v) is 1.78. The van der Waals surface area contributed by atoms with Gasteiger partial charge in [0.25, 0.3) is 0 Å². The van der Waals surface area contributed by atoms with Gasteiger partial charge in [-0.1, -0.05) is 12.8 Å². The molecule has 25 heavy (non-hydrogen) atoms. The Labute approximate surface area is 149 Å². The van der Waals surface area contributed by atoms with Gasteiger partial charge in [-0.15, -0.1) is 0 Å². The van der Waals surface area contributed by atoms with E-state index in [4.69, 9.17) is 16.6 Å². The molecule has 0 radical (unpaired) electrons. The van der Waals surface area contributed by atoms with Gasteiger partial charge in [0, 0.05) is 32.5 Å². The molecule has 0 saturated heterocycles. The van der Waals surface area contributed by atoms with Gasteiger partial charge in [-0.25, -0.2) is 0 Å². The molecule has 8 heteroatoms. The first-order valence-electron chi connectivity index (χ1n) is 8.42. The van der Waals surface area contributed by atoms with Crippen LogP contribution in [-0.4, -0.2) is 54.2 Å². The summed E-state index contributed by atoms with van der Waals surface area (Å²) in [6, 6.07) is 0. The maximum atomic E-state index is 11.3. The number of carbonyl (C=O) groups excluding carboxylic acids is 3. The number of primary amides is 1. The monoisotopic (exact) mass is 357 g/mol. The topological polar surface area (TPSA) is 144 Å². The predicted octanol–water partition coefficient (Wildman–Crippen LogP) is 0.836. The second-order valence-electron chi connectivity index (χ2n) is 5.53. The second kappa shape index (κ2) is 18.1. The van der Waals surface area contributed by atoms with Crippen LogP contribution in [-0.2, 0) is 19.2 Å². The Morgan fingerprint density at radius 3 is 2.12 bits per heavy atom. The molecule has 0 aromatic rings. The van der Waals surface area contributed by atoms with E-state index in [0.717, 1.165) is 38.5 Å². The van der Waals surface area contributed by atoms with Crippen molar-refractivity contribution in [2.45, 2.75) is 51.4 Å². The molecule has 0 aliphatic rings. The largest absolute Gasteiger partial charge is 0.481 e. The number of aldehydes is 1. The van der Waals surface area contributed by atoms with Crippen molar-refractivity contribution in [3.05, 3.63) is 12.2 Å². The highest BCUT2D eigenvalue weighted by atomic mass is 16.4. The maximum Gasteiger partial charge on any atom is 0.303 e. The fraction of sp³-hybridized carbons (Fsp3) is 0.647. The molecule has 0 rings (SSSR count). The third-order valence-corrected chi connectivity index (χ3v) is 3.21. The standard InChI is InChI=1S/C11H18N2O3.C6H13NO2/c1-13(11(16)7-5-9-14)8-4-2-3-6-10(12)15;7-5-3-1-2-4-6(8)9/h5,7,9H,2-4,6,8H2,1H3,(H2,12,15);1-5,7H2,(H,8,9)/b7-5-;. The number of rotatable bonds is 13. The molecule has 144 valence electrons. The zero-order valence-electron chi connectivity index (χ0n) is 15.0. The Hall–Kier alpha value is -2.22. The van der Waals surface area contributed by atoms with E-state index in [1.54, 1.807) is 7.05 Å². The van der Waals surface area contributed by atoms with Gasteiger partial charge in [0.05, 0.1) is 0 Å². The van der Waals surface area contributed by atoms with Crippen LogP contribution in [0, 0.1) is 0 Å². The van der Waals surface area contributed by atoms with Crippen molar-refractivity contribution in [1.82, 2.24) is 4.90 Å². The molecule has 0 spiro atoms. The van der Waals surface area contributed by atoms with E-state index in [1.807, 2.05) is 0 Å². The van der Waals surface area contributed by atoms with E-state index in [1.165, 1.54) is 17.1 Å². The third kappa shape index (κ3) is 21.8. The summed E-state index contributed by atoms with van der Waals surface area (Å²) < 4.78 is 0. The van der Waals surface area contributed by atoms with Gasteiger partial charge < -0.3 is 21.5 Å². The summed E-state index contributed by atoms with van der Waals surface area (Å²) in [5, 5.41) is 8.18. The fourth-order valence-electron chi connectivity index (χ4n) is 1.78. The van der Waals surface area contributed by atoms with Crippen LogP contribution in [0.1, 0.15) is 51.4 Å². The van der Waals surface area contributed by atoms with Gasteiger partial charge in [0.15, 0.2) is 0 Å². The lowest BCUT2D eigenvalue weighted by atomic mass is 10.2. The van der Waals surface area contributed by atoms with Gasteiger partial charge in [-0.3, -0.25) is 19.2 Å². The van der Waals surface area contributed by atoms with Crippen LogP contribution in [0.4, 0.5) is 0 Å². The number of amides is 2. The molecular formula is C17H31N3O5. The molecule has 0 aliphatic carbocycles. The van der Waals surface area contributed by atoms with E-state index < -0.39 is 5.97 Å². The molecule has 0 heterocycles. The number of carboxylic acids is 1. The summed E-state index contributed by atoms with van der Waals surface area (Å²) in [5.74, 6) is -1.20. The minimum absolute atomic E-state index is 0.193. The number of allylic oxidation sites excluding steroid dienone is 1. The van der Waals surface area contributed by atoms with Crippen molar-refractivity contribution in [1.29, 1.82) is 0 Å². The molecule has 8 nitrogen and oxygen atoms in total.